The Bertz CT molecular complexity index is 348. The van der Waals surface area contributed by atoms with Crippen LogP contribution in [0.25, 0.3) is 0 Å². The van der Waals surface area contributed by atoms with Crippen LogP contribution in [0, 0.1) is 17.8 Å². The molecule has 1 aromatic heterocycles. The topological polar surface area (TPSA) is 12.0 Å². The lowest BCUT2D eigenvalue weighted by Gasteiger charge is -2.04. The largest absolute Gasteiger partial charge is 0.308 e. The van der Waals surface area contributed by atoms with Crippen LogP contribution >= 0.6 is 11.3 Å². The van der Waals surface area contributed by atoms with E-state index >= 15 is 0 Å². The van der Waals surface area contributed by atoms with Crippen molar-refractivity contribution < 1.29 is 0 Å². The van der Waals surface area contributed by atoms with E-state index in [0.717, 1.165) is 6.54 Å². The molecule has 0 aromatic carbocycles. The van der Waals surface area contributed by atoms with Gasteiger partial charge in [0.25, 0.3) is 0 Å². The van der Waals surface area contributed by atoms with E-state index < -0.39 is 0 Å². The highest BCUT2D eigenvalue weighted by Crippen LogP contribution is 2.62. The van der Waals surface area contributed by atoms with Gasteiger partial charge in [0.15, 0.2) is 0 Å². The van der Waals surface area contributed by atoms with Gasteiger partial charge in [-0.1, -0.05) is 27.7 Å². The van der Waals surface area contributed by atoms with Crippen LogP contribution in [-0.4, -0.2) is 6.04 Å². The minimum Gasteiger partial charge on any atom is -0.308 e. The highest BCUT2D eigenvalue weighted by molar-refractivity contribution is 7.11. The maximum atomic E-state index is 3.68. The van der Waals surface area contributed by atoms with Crippen molar-refractivity contribution in [2.75, 3.05) is 0 Å². The molecule has 0 bridgehead atoms. The molecule has 1 aliphatic rings. The highest BCUT2D eigenvalue weighted by atomic mass is 32.1. The third-order valence-corrected chi connectivity index (χ3v) is 5.30. The molecule has 2 rings (SSSR count). The molecule has 1 N–H and O–H groups in total. The molecule has 1 heterocycles. The van der Waals surface area contributed by atoms with Crippen molar-refractivity contribution >= 4 is 11.3 Å². The van der Waals surface area contributed by atoms with Crippen LogP contribution in [0.4, 0.5) is 0 Å². The van der Waals surface area contributed by atoms with Crippen molar-refractivity contribution in [2.45, 2.75) is 47.2 Å². The summed E-state index contributed by atoms with van der Waals surface area (Å²) in [5.74, 6) is 0. The summed E-state index contributed by atoms with van der Waals surface area (Å²) in [5, 5.41) is 3.68. The third-order valence-electron chi connectivity index (χ3n) is 4.30. The molecule has 1 fully saturated rings. The summed E-state index contributed by atoms with van der Waals surface area (Å²) < 4.78 is 0. The third kappa shape index (κ3) is 1.74. The van der Waals surface area contributed by atoms with Gasteiger partial charge in [0.2, 0.25) is 0 Å². The maximum absolute atomic E-state index is 3.68. The Kier molecular flexibility index (Phi) is 2.47. The number of hydrogen-bond acceptors (Lipinski definition) is 2. The zero-order valence-electron chi connectivity index (χ0n) is 10.3. The van der Waals surface area contributed by atoms with E-state index in [4.69, 9.17) is 0 Å². The fourth-order valence-electron chi connectivity index (χ4n) is 2.49. The summed E-state index contributed by atoms with van der Waals surface area (Å²) in [5.41, 5.74) is 0.888. The number of hydrogen-bond donors (Lipinski definition) is 1. The van der Waals surface area contributed by atoms with Gasteiger partial charge in [-0.25, -0.2) is 0 Å². The molecular formula is C13H21NS. The predicted molar refractivity (Wildman–Crippen MR) is 67.2 cm³/mol. The zero-order valence-corrected chi connectivity index (χ0v) is 11.2. The van der Waals surface area contributed by atoms with Gasteiger partial charge < -0.3 is 5.32 Å². The average Bonchev–Trinajstić information content (AvgIpc) is 2.50. The van der Waals surface area contributed by atoms with Crippen molar-refractivity contribution in [1.82, 2.24) is 5.32 Å². The van der Waals surface area contributed by atoms with E-state index in [-0.39, 0.29) is 0 Å². The molecular weight excluding hydrogens is 202 g/mol. The minimum absolute atomic E-state index is 0.444. The van der Waals surface area contributed by atoms with Gasteiger partial charge in [-0.2, -0.15) is 0 Å². The Hall–Kier alpha value is -0.340. The van der Waals surface area contributed by atoms with E-state index in [9.17, 15) is 0 Å². The first kappa shape index (κ1) is 11.2. The van der Waals surface area contributed by atoms with E-state index in [1.54, 1.807) is 0 Å². The van der Waals surface area contributed by atoms with Crippen LogP contribution in [0.3, 0.4) is 0 Å². The number of aryl methyl sites for hydroxylation is 1. The van der Waals surface area contributed by atoms with E-state index in [0.29, 0.717) is 16.9 Å². The second-order valence-corrected chi connectivity index (χ2v) is 7.14. The van der Waals surface area contributed by atoms with Gasteiger partial charge in [0, 0.05) is 22.3 Å². The standard InChI is InChI=1S/C13H21NS/c1-9-6-7-10(15-9)8-14-11-12(2,3)13(11,4)5/h6-7,11,14H,8H2,1-5H3. The van der Waals surface area contributed by atoms with Crippen LogP contribution in [0.2, 0.25) is 0 Å². The highest BCUT2D eigenvalue weighted by Gasteiger charge is 2.64. The molecule has 1 saturated carbocycles. The number of rotatable bonds is 3. The smallest absolute Gasteiger partial charge is 0.0302 e. The monoisotopic (exact) mass is 223 g/mol. The fraction of sp³-hybridized carbons (Fsp3) is 0.692. The summed E-state index contributed by atoms with van der Waals surface area (Å²) in [6.07, 6.45) is 0. The average molecular weight is 223 g/mol. The van der Waals surface area contributed by atoms with Crippen LogP contribution in [-0.2, 0) is 6.54 Å². The molecule has 84 valence electrons. The number of nitrogens with one attached hydrogen (secondary N) is 1. The van der Waals surface area contributed by atoms with Gasteiger partial charge in [-0.05, 0) is 29.9 Å². The molecule has 1 aliphatic carbocycles. The molecule has 0 amide bonds. The fourth-order valence-corrected chi connectivity index (χ4v) is 3.33. The van der Waals surface area contributed by atoms with Gasteiger partial charge >= 0.3 is 0 Å². The van der Waals surface area contributed by atoms with E-state index in [1.165, 1.54) is 9.75 Å². The van der Waals surface area contributed by atoms with Gasteiger partial charge in [0.1, 0.15) is 0 Å². The first-order valence-corrected chi connectivity index (χ1v) is 6.46. The molecule has 0 saturated heterocycles. The molecule has 1 aromatic rings. The van der Waals surface area contributed by atoms with E-state index in [2.05, 4.69) is 52.1 Å². The van der Waals surface area contributed by atoms with E-state index in [1.807, 2.05) is 11.3 Å². The Labute approximate surface area is 96.9 Å². The van der Waals surface area contributed by atoms with Crippen LogP contribution in [0.5, 0.6) is 0 Å². The summed E-state index contributed by atoms with van der Waals surface area (Å²) in [4.78, 5) is 2.85. The Morgan fingerprint density at radius 2 is 1.80 bits per heavy atom. The first-order chi connectivity index (χ1) is 6.85. The second-order valence-electron chi connectivity index (χ2n) is 5.77. The molecule has 2 heteroatoms. The summed E-state index contributed by atoms with van der Waals surface area (Å²) in [6, 6.07) is 5.09. The van der Waals surface area contributed by atoms with Crippen molar-refractivity contribution in [3.05, 3.63) is 21.9 Å². The molecule has 0 unspecified atom stereocenters. The lowest BCUT2D eigenvalue weighted by molar-refractivity contribution is 0.457. The summed E-state index contributed by atoms with van der Waals surface area (Å²) in [6.45, 7) is 12.6. The van der Waals surface area contributed by atoms with Crippen molar-refractivity contribution in [3.63, 3.8) is 0 Å². The van der Waals surface area contributed by atoms with Gasteiger partial charge in [-0.3, -0.25) is 0 Å². The van der Waals surface area contributed by atoms with Gasteiger partial charge in [0.05, 0.1) is 0 Å². The first-order valence-electron chi connectivity index (χ1n) is 5.64. The Balaban J connectivity index is 1.91. The molecule has 0 spiro atoms. The Morgan fingerprint density at radius 1 is 1.20 bits per heavy atom. The quantitative estimate of drug-likeness (QED) is 0.826. The molecule has 0 radical (unpaired) electrons. The van der Waals surface area contributed by atoms with Crippen molar-refractivity contribution in [3.8, 4) is 0 Å². The lowest BCUT2D eigenvalue weighted by Crippen LogP contribution is -2.21. The van der Waals surface area contributed by atoms with Crippen LogP contribution < -0.4 is 5.32 Å². The summed E-state index contributed by atoms with van der Waals surface area (Å²) in [7, 11) is 0. The Morgan fingerprint density at radius 3 is 2.20 bits per heavy atom. The van der Waals surface area contributed by atoms with Crippen LogP contribution in [0.1, 0.15) is 37.4 Å². The number of thiophene rings is 1. The van der Waals surface area contributed by atoms with Crippen molar-refractivity contribution in [2.24, 2.45) is 10.8 Å². The van der Waals surface area contributed by atoms with Crippen molar-refractivity contribution in [1.29, 1.82) is 0 Å². The molecule has 1 nitrogen and oxygen atoms in total. The second kappa shape index (κ2) is 3.33. The minimum atomic E-state index is 0.444. The normalized spacial score (nSPS) is 23.0. The lowest BCUT2D eigenvalue weighted by atomic mass is 10.0. The summed E-state index contributed by atoms with van der Waals surface area (Å²) >= 11 is 1.90. The molecule has 0 aliphatic heterocycles. The molecule has 0 atom stereocenters. The zero-order chi connectivity index (χ0) is 11.3. The molecule has 15 heavy (non-hydrogen) atoms. The SMILES string of the molecule is Cc1ccc(CNC2C(C)(C)C2(C)C)s1. The predicted octanol–water partition coefficient (Wildman–Crippen LogP) is 3.58. The van der Waals surface area contributed by atoms with Crippen LogP contribution in [0.15, 0.2) is 12.1 Å². The van der Waals surface area contributed by atoms with Gasteiger partial charge in [-0.15, -0.1) is 11.3 Å². The maximum Gasteiger partial charge on any atom is 0.0302 e.